The lowest BCUT2D eigenvalue weighted by Crippen LogP contribution is -2.48. The third-order valence-corrected chi connectivity index (χ3v) is 5.49. The van der Waals surface area contributed by atoms with Crippen molar-refractivity contribution in [3.63, 3.8) is 0 Å². The second-order valence-electron chi connectivity index (χ2n) is 6.68. The van der Waals surface area contributed by atoms with E-state index in [0.29, 0.717) is 10.7 Å². The van der Waals surface area contributed by atoms with Crippen LogP contribution in [0.25, 0.3) is 0 Å². The monoisotopic (exact) mass is 424 g/mol. The number of carbonyl (C=O) groups is 1. The quantitative estimate of drug-likeness (QED) is 0.659. The Bertz CT molecular complexity index is 927. The first-order chi connectivity index (χ1) is 13.1. The maximum atomic E-state index is 12.5. The highest BCUT2D eigenvalue weighted by atomic mass is 35.5. The van der Waals surface area contributed by atoms with Gasteiger partial charge in [-0.2, -0.15) is 0 Å². The van der Waals surface area contributed by atoms with Crippen LogP contribution in [0.3, 0.4) is 0 Å². The predicted molar refractivity (Wildman–Crippen MR) is 113 cm³/mol. The molecule has 0 aliphatic heterocycles. The topological polar surface area (TPSA) is 75.7 Å². The van der Waals surface area contributed by atoms with Crippen LogP contribution in [0, 0.1) is 13.8 Å². The average molecular weight is 425 g/mol. The summed E-state index contributed by atoms with van der Waals surface area (Å²) in [5.41, 5.74) is 2.53. The van der Waals surface area contributed by atoms with Crippen LogP contribution in [0.15, 0.2) is 42.5 Å². The molecule has 0 heterocycles. The lowest BCUT2D eigenvalue weighted by atomic mass is 10.1. The van der Waals surface area contributed by atoms with Gasteiger partial charge in [0.1, 0.15) is 18.4 Å². The molecular weight excluding hydrogens is 400 g/mol. The summed E-state index contributed by atoms with van der Waals surface area (Å²) in [5, 5.41) is 3.11. The molecule has 0 radical (unpaired) electrons. The summed E-state index contributed by atoms with van der Waals surface area (Å²) < 4.78 is 31.2. The van der Waals surface area contributed by atoms with Crippen LogP contribution in [0.2, 0.25) is 5.02 Å². The Labute approximate surface area is 171 Å². The summed E-state index contributed by atoms with van der Waals surface area (Å²) in [6.07, 6.45) is 1.06. The van der Waals surface area contributed by atoms with Crippen molar-refractivity contribution in [3.8, 4) is 5.75 Å². The van der Waals surface area contributed by atoms with Crippen LogP contribution in [0.5, 0.6) is 5.75 Å². The molecule has 152 valence electrons. The SMILES string of the molecule is Cc1cc(C)cc(OCCNC(=O)C(C)N(c2cccc(Cl)c2)S(C)(=O)=O)c1. The molecule has 1 atom stereocenters. The Morgan fingerprint density at radius 3 is 2.39 bits per heavy atom. The maximum Gasteiger partial charge on any atom is 0.243 e. The van der Waals surface area contributed by atoms with E-state index in [4.69, 9.17) is 16.3 Å². The van der Waals surface area contributed by atoms with E-state index in [0.717, 1.165) is 27.4 Å². The first kappa shape index (κ1) is 22.0. The van der Waals surface area contributed by atoms with E-state index in [9.17, 15) is 13.2 Å². The predicted octanol–water partition coefficient (Wildman–Crippen LogP) is 3.31. The third-order valence-electron chi connectivity index (χ3n) is 4.02. The van der Waals surface area contributed by atoms with Gasteiger partial charge in [0.2, 0.25) is 15.9 Å². The number of nitrogens with zero attached hydrogens (tertiary/aromatic N) is 1. The smallest absolute Gasteiger partial charge is 0.243 e. The van der Waals surface area contributed by atoms with Crippen LogP contribution < -0.4 is 14.4 Å². The van der Waals surface area contributed by atoms with Gasteiger partial charge in [-0.05, 0) is 62.2 Å². The fraction of sp³-hybridized carbons (Fsp3) is 0.350. The third kappa shape index (κ3) is 6.14. The van der Waals surface area contributed by atoms with E-state index in [1.807, 2.05) is 32.0 Å². The van der Waals surface area contributed by atoms with Crippen LogP contribution in [0.4, 0.5) is 5.69 Å². The largest absolute Gasteiger partial charge is 0.492 e. The van der Waals surface area contributed by atoms with Gasteiger partial charge in [0.15, 0.2) is 0 Å². The molecule has 2 rings (SSSR count). The van der Waals surface area contributed by atoms with Gasteiger partial charge in [0.25, 0.3) is 0 Å². The molecule has 0 fully saturated rings. The number of carbonyl (C=O) groups excluding carboxylic acids is 1. The molecule has 2 aromatic rings. The van der Waals surface area contributed by atoms with Crippen molar-refractivity contribution in [2.75, 3.05) is 23.7 Å². The normalized spacial score (nSPS) is 12.3. The van der Waals surface area contributed by atoms with Crippen LogP contribution in [-0.2, 0) is 14.8 Å². The van der Waals surface area contributed by atoms with Crippen molar-refractivity contribution in [2.45, 2.75) is 26.8 Å². The number of nitrogens with one attached hydrogen (secondary N) is 1. The molecule has 28 heavy (non-hydrogen) atoms. The number of benzene rings is 2. The number of rotatable bonds is 8. The highest BCUT2D eigenvalue weighted by Crippen LogP contribution is 2.24. The fourth-order valence-electron chi connectivity index (χ4n) is 2.93. The molecule has 6 nitrogen and oxygen atoms in total. The molecule has 0 spiro atoms. The van der Waals surface area contributed by atoms with Gasteiger partial charge in [0, 0.05) is 5.02 Å². The number of halogens is 1. The zero-order valence-corrected chi connectivity index (χ0v) is 18.0. The van der Waals surface area contributed by atoms with Gasteiger partial charge in [-0.25, -0.2) is 8.42 Å². The van der Waals surface area contributed by atoms with Crippen molar-refractivity contribution in [1.29, 1.82) is 0 Å². The lowest BCUT2D eigenvalue weighted by molar-refractivity contribution is -0.121. The summed E-state index contributed by atoms with van der Waals surface area (Å²) in [6, 6.07) is 11.3. The van der Waals surface area contributed by atoms with Crippen molar-refractivity contribution in [2.24, 2.45) is 0 Å². The number of ether oxygens (including phenoxy) is 1. The first-order valence-corrected chi connectivity index (χ1v) is 11.0. The zero-order valence-electron chi connectivity index (χ0n) is 16.4. The van der Waals surface area contributed by atoms with Gasteiger partial charge < -0.3 is 10.1 Å². The Balaban J connectivity index is 1.99. The van der Waals surface area contributed by atoms with Gasteiger partial charge in [-0.3, -0.25) is 9.10 Å². The first-order valence-electron chi connectivity index (χ1n) is 8.81. The molecule has 1 unspecified atom stereocenters. The zero-order chi connectivity index (χ0) is 20.9. The van der Waals surface area contributed by atoms with Gasteiger partial charge >= 0.3 is 0 Å². The van der Waals surface area contributed by atoms with E-state index in [2.05, 4.69) is 5.32 Å². The number of amides is 1. The summed E-state index contributed by atoms with van der Waals surface area (Å²) in [4.78, 5) is 12.5. The molecule has 0 aromatic heterocycles. The van der Waals surface area contributed by atoms with E-state index < -0.39 is 22.0 Å². The summed E-state index contributed by atoms with van der Waals surface area (Å²) in [6.45, 7) is 6.03. The number of anilines is 1. The molecule has 1 N–H and O–H groups in total. The minimum absolute atomic E-state index is 0.253. The van der Waals surface area contributed by atoms with E-state index in [-0.39, 0.29) is 13.2 Å². The second-order valence-corrected chi connectivity index (χ2v) is 8.97. The Hall–Kier alpha value is -2.25. The highest BCUT2D eigenvalue weighted by Gasteiger charge is 2.29. The number of aryl methyl sites for hydroxylation is 2. The van der Waals surface area contributed by atoms with Gasteiger partial charge in [-0.1, -0.05) is 23.7 Å². The van der Waals surface area contributed by atoms with Crippen molar-refractivity contribution < 1.29 is 17.9 Å². The van der Waals surface area contributed by atoms with Crippen LogP contribution >= 0.6 is 11.6 Å². The summed E-state index contributed by atoms with van der Waals surface area (Å²) in [7, 11) is -3.68. The van der Waals surface area contributed by atoms with Crippen molar-refractivity contribution >= 4 is 33.2 Å². The molecule has 1 amide bonds. The van der Waals surface area contributed by atoms with Gasteiger partial charge in [0.05, 0.1) is 18.5 Å². The Morgan fingerprint density at radius 2 is 1.82 bits per heavy atom. The maximum absolute atomic E-state index is 12.5. The molecule has 0 bridgehead atoms. The summed E-state index contributed by atoms with van der Waals surface area (Å²) >= 11 is 5.97. The van der Waals surface area contributed by atoms with Crippen molar-refractivity contribution in [3.05, 3.63) is 58.6 Å². The molecular formula is C20H25ClN2O4S. The lowest BCUT2D eigenvalue weighted by Gasteiger charge is -2.28. The van der Waals surface area contributed by atoms with Gasteiger partial charge in [-0.15, -0.1) is 0 Å². The van der Waals surface area contributed by atoms with E-state index in [1.54, 1.807) is 18.2 Å². The average Bonchev–Trinajstić information content (AvgIpc) is 2.56. The van der Waals surface area contributed by atoms with Crippen LogP contribution in [0.1, 0.15) is 18.1 Å². The standard InChI is InChI=1S/C20H25ClN2O4S/c1-14-10-15(2)12-19(11-14)27-9-8-22-20(24)16(3)23(28(4,25)26)18-7-5-6-17(21)13-18/h5-7,10-13,16H,8-9H2,1-4H3,(H,22,24). The minimum atomic E-state index is -3.68. The fourth-order valence-corrected chi connectivity index (χ4v) is 4.28. The minimum Gasteiger partial charge on any atom is -0.492 e. The molecule has 0 aliphatic rings. The van der Waals surface area contributed by atoms with E-state index >= 15 is 0 Å². The number of hydrogen-bond donors (Lipinski definition) is 1. The molecule has 2 aromatic carbocycles. The highest BCUT2D eigenvalue weighted by molar-refractivity contribution is 7.92. The number of sulfonamides is 1. The molecule has 0 saturated heterocycles. The van der Waals surface area contributed by atoms with Crippen LogP contribution in [-0.4, -0.2) is 39.8 Å². The second kappa shape index (κ2) is 9.30. The Kier molecular flexibility index (Phi) is 7.32. The molecule has 8 heteroatoms. The summed E-state index contributed by atoms with van der Waals surface area (Å²) in [5.74, 6) is 0.311. The molecule has 0 saturated carbocycles. The number of hydrogen-bond acceptors (Lipinski definition) is 4. The Morgan fingerprint density at radius 1 is 1.18 bits per heavy atom. The van der Waals surface area contributed by atoms with E-state index in [1.165, 1.54) is 13.0 Å². The van der Waals surface area contributed by atoms with Crippen molar-refractivity contribution in [1.82, 2.24) is 5.32 Å². The molecule has 0 aliphatic carbocycles.